The number of hydrogen-bond donors (Lipinski definition) is 0. The minimum absolute atomic E-state index is 0.101. The Morgan fingerprint density at radius 2 is 1.95 bits per heavy atom. The highest BCUT2D eigenvalue weighted by atomic mass is 32.2. The van der Waals surface area contributed by atoms with Crippen LogP contribution in [0.5, 0.6) is 0 Å². The Kier molecular flexibility index (Phi) is 3.67. The largest absolute Gasteiger partial charge is 0.416 e. The molecule has 0 spiro atoms. The summed E-state index contributed by atoms with van der Waals surface area (Å²) < 4.78 is 64.8. The van der Waals surface area contributed by atoms with Crippen molar-refractivity contribution in [1.82, 2.24) is 0 Å². The lowest BCUT2D eigenvalue weighted by molar-refractivity contribution is -0.137. The molecule has 0 aliphatic carbocycles. The summed E-state index contributed by atoms with van der Waals surface area (Å²) in [7, 11) is -1.01. The lowest BCUT2D eigenvalue weighted by Gasteiger charge is -2.33. The van der Waals surface area contributed by atoms with Crippen molar-refractivity contribution < 1.29 is 21.8 Å². The predicted molar refractivity (Wildman–Crippen MR) is 73.6 cm³/mol. The van der Waals surface area contributed by atoms with E-state index in [1.165, 1.54) is 0 Å². The molecule has 0 aromatic heterocycles. The summed E-state index contributed by atoms with van der Waals surface area (Å²) in [6, 6.07) is 2.56. The average molecular weight is 318 g/mol. The SMILES string of the molecule is O=S1C2C=C(c3cc(F)ccc3C(F)(F)F)CC1CCC2. The quantitative estimate of drug-likeness (QED) is 0.706. The summed E-state index contributed by atoms with van der Waals surface area (Å²) in [4.78, 5) is 0. The van der Waals surface area contributed by atoms with Crippen molar-refractivity contribution in [1.29, 1.82) is 0 Å². The van der Waals surface area contributed by atoms with E-state index in [0.717, 1.165) is 37.5 Å². The molecule has 1 saturated heterocycles. The van der Waals surface area contributed by atoms with Crippen LogP contribution >= 0.6 is 0 Å². The second-order valence-corrected chi connectivity index (χ2v) is 7.43. The molecule has 0 saturated carbocycles. The second kappa shape index (κ2) is 5.23. The fourth-order valence-electron chi connectivity index (χ4n) is 3.13. The van der Waals surface area contributed by atoms with Crippen LogP contribution in [0.4, 0.5) is 17.6 Å². The first-order valence-electron chi connectivity index (χ1n) is 6.83. The van der Waals surface area contributed by atoms with Gasteiger partial charge in [-0.3, -0.25) is 4.21 Å². The van der Waals surface area contributed by atoms with Crippen LogP contribution in [0.1, 0.15) is 36.8 Å². The monoisotopic (exact) mass is 318 g/mol. The molecule has 3 rings (SSSR count). The summed E-state index contributed by atoms with van der Waals surface area (Å²) in [5.41, 5.74) is -0.437. The molecule has 1 nitrogen and oxygen atoms in total. The minimum atomic E-state index is -4.52. The molecular formula is C15H14F4OS. The van der Waals surface area contributed by atoms with Crippen molar-refractivity contribution in [2.24, 2.45) is 0 Å². The van der Waals surface area contributed by atoms with E-state index in [9.17, 15) is 21.8 Å². The molecular weight excluding hydrogens is 304 g/mol. The summed E-state index contributed by atoms with van der Waals surface area (Å²) >= 11 is 0. The molecule has 0 radical (unpaired) electrons. The van der Waals surface area contributed by atoms with Gasteiger partial charge in [-0.05, 0) is 48.6 Å². The number of hydrogen-bond acceptors (Lipinski definition) is 1. The van der Waals surface area contributed by atoms with E-state index < -0.39 is 28.4 Å². The lowest BCUT2D eigenvalue weighted by Crippen LogP contribution is -2.33. The van der Waals surface area contributed by atoms with Crippen molar-refractivity contribution in [2.75, 3.05) is 0 Å². The molecule has 2 aliphatic heterocycles. The molecule has 2 bridgehead atoms. The number of fused-ring (bicyclic) bond motifs is 2. The van der Waals surface area contributed by atoms with Gasteiger partial charge in [0.15, 0.2) is 0 Å². The van der Waals surface area contributed by atoms with Gasteiger partial charge in [0.1, 0.15) is 5.82 Å². The number of allylic oxidation sites excluding steroid dienone is 1. The molecule has 3 unspecified atom stereocenters. The summed E-state index contributed by atoms with van der Waals surface area (Å²) in [6.45, 7) is 0. The van der Waals surface area contributed by atoms with Crippen LogP contribution in [0.2, 0.25) is 0 Å². The molecule has 2 heterocycles. The maximum atomic E-state index is 13.4. The maximum Gasteiger partial charge on any atom is 0.416 e. The van der Waals surface area contributed by atoms with Gasteiger partial charge in [0.05, 0.1) is 10.8 Å². The van der Waals surface area contributed by atoms with Crippen LogP contribution in [-0.4, -0.2) is 14.7 Å². The number of rotatable bonds is 1. The van der Waals surface area contributed by atoms with E-state index in [-0.39, 0.29) is 16.1 Å². The van der Waals surface area contributed by atoms with Crippen molar-refractivity contribution in [3.8, 4) is 0 Å². The molecule has 114 valence electrons. The van der Waals surface area contributed by atoms with Crippen LogP contribution in [0.3, 0.4) is 0 Å². The van der Waals surface area contributed by atoms with E-state index in [1.807, 2.05) is 0 Å². The van der Waals surface area contributed by atoms with Gasteiger partial charge in [0.25, 0.3) is 0 Å². The molecule has 6 heteroatoms. The highest BCUT2D eigenvalue weighted by Crippen LogP contribution is 2.41. The second-order valence-electron chi connectivity index (χ2n) is 5.50. The highest BCUT2D eigenvalue weighted by Gasteiger charge is 2.38. The summed E-state index contributed by atoms with van der Waals surface area (Å²) in [5, 5.41) is -0.301. The highest BCUT2D eigenvalue weighted by molar-refractivity contribution is 7.86. The van der Waals surface area contributed by atoms with Crippen molar-refractivity contribution in [2.45, 2.75) is 42.4 Å². The van der Waals surface area contributed by atoms with Crippen molar-refractivity contribution in [3.63, 3.8) is 0 Å². The average Bonchev–Trinajstić information content (AvgIpc) is 2.36. The summed E-state index contributed by atoms with van der Waals surface area (Å²) in [5.74, 6) is -0.684. The molecule has 1 aromatic carbocycles. The fourth-order valence-corrected chi connectivity index (χ4v) is 5.06. The smallest absolute Gasteiger partial charge is 0.259 e. The normalized spacial score (nSPS) is 29.1. The fraction of sp³-hybridized carbons (Fsp3) is 0.467. The molecule has 3 atom stereocenters. The number of alkyl halides is 3. The van der Waals surface area contributed by atoms with Crippen LogP contribution < -0.4 is 0 Å². The molecule has 0 amide bonds. The lowest BCUT2D eigenvalue weighted by atomic mass is 9.90. The zero-order valence-corrected chi connectivity index (χ0v) is 11.9. The van der Waals surface area contributed by atoms with Gasteiger partial charge in [-0.25, -0.2) is 4.39 Å². The summed E-state index contributed by atoms with van der Waals surface area (Å²) in [6.07, 6.45) is -0.0957. The van der Waals surface area contributed by atoms with Crippen LogP contribution in [-0.2, 0) is 17.0 Å². The number of benzene rings is 1. The Morgan fingerprint density at radius 1 is 1.19 bits per heavy atom. The molecule has 2 aliphatic rings. The van der Waals surface area contributed by atoms with E-state index in [2.05, 4.69) is 0 Å². The Labute approximate surface area is 122 Å². The van der Waals surface area contributed by atoms with E-state index in [0.29, 0.717) is 12.0 Å². The van der Waals surface area contributed by atoms with Crippen LogP contribution in [0.15, 0.2) is 24.3 Å². The third-order valence-corrected chi connectivity index (χ3v) is 6.14. The van der Waals surface area contributed by atoms with Gasteiger partial charge in [-0.15, -0.1) is 0 Å². The molecule has 21 heavy (non-hydrogen) atoms. The van der Waals surface area contributed by atoms with Gasteiger partial charge in [0.2, 0.25) is 0 Å². The van der Waals surface area contributed by atoms with Crippen molar-refractivity contribution in [3.05, 3.63) is 41.2 Å². The first-order valence-corrected chi connectivity index (χ1v) is 8.11. The Morgan fingerprint density at radius 3 is 2.62 bits per heavy atom. The molecule has 1 fully saturated rings. The maximum absolute atomic E-state index is 13.4. The van der Waals surface area contributed by atoms with Gasteiger partial charge in [-0.2, -0.15) is 13.2 Å². The van der Waals surface area contributed by atoms with Crippen molar-refractivity contribution >= 4 is 16.4 Å². The van der Waals surface area contributed by atoms with Gasteiger partial charge >= 0.3 is 6.18 Å². The zero-order chi connectivity index (χ0) is 15.2. The Balaban J connectivity index is 2.08. The Bertz CT molecular complexity index is 621. The van der Waals surface area contributed by atoms with Crippen LogP contribution in [0, 0.1) is 5.82 Å². The van der Waals surface area contributed by atoms with Crippen LogP contribution in [0.25, 0.3) is 5.57 Å². The zero-order valence-electron chi connectivity index (χ0n) is 11.1. The third-order valence-electron chi connectivity index (χ3n) is 4.11. The van der Waals surface area contributed by atoms with E-state index in [1.54, 1.807) is 6.08 Å². The van der Waals surface area contributed by atoms with E-state index >= 15 is 0 Å². The molecule has 1 aromatic rings. The van der Waals surface area contributed by atoms with E-state index in [4.69, 9.17) is 0 Å². The van der Waals surface area contributed by atoms with Gasteiger partial charge < -0.3 is 0 Å². The molecule has 0 N–H and O–H groups in total. The number of halogens is 4. The first-order chi connectivity index (χ1) is 9.86. The standard InChI is InChI=1S/C15H14F4OS/c16-10-4-5-14(15(17,18)19)13(8-10)9-6-11-2-1-3-12(7-9)21(11)20/h4-6,8,11-12H,1-3,7H2. The first kappa shape index (κ1) is 14.8. The van der Waals surface area contributed by atoms with Gasteiger partial charge in [-0.1, -0.05) is 12.5 Å². The predicted octanol–water partition coefficient (Wildman–Crippen LogP) is 4.30. The minimum Gasteiger partial charge on any atom is -0.259 e. The van der Waals surface area contributed by atoms with Gasteiger partial charge in [0, 0.05) is 16.0 Å². The third kappa shape index (κ3) is 2.78. The topological polar surface area (TPSA) is 17.1 Å². The Hall–Kier alpha value is -1.17.